The zero-order chi connectivity index (χ0) is 29.4. The quantitative estimate of drug-likeness (QED) is 0.275. The van der Waals surface area contributed by atoms with E-state index in [0.29, 0.717) is 32.1 Å². The SMILES string of the molecule is CCOC(=O)C1=C(C)N=c2s/c(=C/c3c(-c4ccccc4)[nH]c4ccccc34)c(=O)n2[C@@H]1c1cc(OC)ccc1OC. The number of esters is 1. The fraction of sp³-hybridized carbons (Fsp3) is 0.182. The van der Waals surface area contributed by atoms with Gasteiger partial charge in [0, 0.05) is 22.0 Å². The Morgan fingerprint density at radius 1 is 1.05 bits per heavy atom. The largest absolute Gasteiger partial charge is 0.497 e. The van der Waals surface area contributed by atoms with Gasteiger partial charge in [0.25, 0.3) is 5.56 Å². The van der Waals surface area contributed by atoms with Crippen LogP contribution in [0.2, 0.25) is 0 Å². The van der Waals surface area contributed by atoms with Crippen LogP contribution >= 0.6 is 11.3 Å². The van der Waals surface area contributed by atoms with Crippen LogP contribution in [0.5, 0.6) is 11.5 Å². The van der Waals surface area contributed by atoms with Crippen LogP contribution in [-0.4, -0.2) is 36.3 Å². The molecule has 0 fully saturated rings. The molecule has 0 saturated heterocycles. The van der Waals surface area contributed by atoms with Crippen LogP contribution in [0, 0.1) is 0 Å². The molecule has 0 unspecified atom stereocenters. The Balaban J connectivity index is 1.64. The molecule has 1 aliphatic rings. The molecule has 0 saturated carbocycles. The molecule has 6 rings (SSSR count). The van der Waals surface area contributed by atoms with Gasteiger partial charge in [-0.15, -0.1) is 0 Å². The normalized spacial score (nSPS) is 15.0. The Morgan fingerprint density at radius 3 is 2.55 bits per heavy atom. The molecule has 9 heteroatoms. The molecule has 42 heavy (non-hydrogen) atoms. The molecule has 8 nitrogen and oxygen atoms in total. The average molecular weight is 580 g/mol. The van der Waals surface area contributed by atoms with Crippen LogP contribution in [0.15, 0.2) is 93.9 Å². The molecule has 0 amide bonds. The number of H-pyrrole nitrogens is 1. The fourth-order valence-corrected chi connectivity index (χ4v) is 6.44. The number of methoxy groups -OCH3 is 2. The average Bonchev–Trinajstić information content (AvgIpc) is 3.53. The van der Waals surface area contributed by atoms with Gasteiger partial charge in [-0.05, 0) is 49.8 Å². The number of hydrogen-bond acceptors (Lipinski definition) is 7. The van der Waals surface area contributed by atoms with Gasteiger partial charge in [0.05, 0.1) is 42.3 Å². The Kier molecular flexibility index (Phi) is 7.26. The van der Waals surface area contributed by atoms with Gasteiger partial charge in [0.2, 0.25) is 0 Å². The van der Waals surface area contributed by atoms with Crippen LogP contribution in [0.4, 0.5) is 0 Å². The number of nitrogens with zero attached hydrogens (tertiary/aromatic N) is 2. The third-order valence-electron chi connectivity index (χ3n) is 7.33. The number of ether oxygens (including phenoxy) is 3. The minimum Gasteiger partial charge on any atom is -0.497 e. The molecule has 0 radical (unpaired) electrons. The van der Waals surface area contributed by atoms with Crippen molar-refractivity contribution < 1.29 is 19.0 Å². The van der Waals surface area contributed by atoms with Crippen molar-refractivity contribution >= 4 is 34.3 Å². The molecular formula is C33H29N3O5S. The smallest absolute Gasteiger partial charge is 0.338 e. The summed E-state index contributed by atoms with van der Waals surface area (Å²) in [6.07, 6.45) is 1.91. The van der Waals surface area contributed by atoms with Crippen LogP contribution in [-0.2, 0) is 9.53 Å². The van der Waals surface area contributed by atoms with Gasteiger partial charge in [-0.3, -0.25) is 9.36 Å². The predicted octanol–water partition coefficient (Wildman–Crippen LogP) is 4.96. The molecule has 0 bridgehead atoms. The van der Waals surface area contributed by atoms with E-state index in [1.807, 2.05) is 60.7 Å². The molecule has 0 aliphatic carbocycles. The van der Waals surface area contributed by atoms with E-state index in [0.717, 1.165) is 27.7 Å². The van der Waals surface area contributed by atoms with Gasteiger partial charge >= 0.3 is 5.97 Å². The molecule has 2 aromatic heterocycles. The molecule has 1 N–H and O–H groups in total. The van der Waals surface area contributed by atoms with E-state index in [1.165, 1.54) is 11.3 Å². The molecule has 1 atom stereocenters. The number of aromatic nitrogens is 2. The number of carbonyl (C=O) groups excluding carboxylic acids is 1. The predicted molar refractivity (Wildman–Crippen MR) is 164 cm³/mol. The molecule has 0 spiro atoms. The van der Waals surface area contributed by atoms with Crippen molar-refractivity contribution in [1.82, 2.24) is 9.55 Å². The summed E-state index contributed by atoms with van der Waals surface area (Å²) in [5.74, 6) is 0.540. The summed E-state index contributed by atoms with van der Waals surface area (Å²) in [5, 5.41) is 0.997. The first-order valence-corrected chi connectivity index (χ1v) is 14.3. The number of rotatable bonds is 7. The van der Waals surface area contributed by atoms with E-state index < -0.39 is 12.0 Å². The van der Waals surface area contributed by atoms with Gasteiger partial charge in [-0.25, -0.2) is 9.79 Å². The second kappa shape index (κ2) is 11.2. The zero-order valence-corrected chi connectivity index (χ0v) is 24.5. The number of thiazole rings is 1. The Hall–Kier alpha value is -4.89. The van der Waals surface area contributed by atoms with E-state index in [-0.39, 0.29) is 17.7 Å². The second-order valence-corrected chi connectivity index (χ2v) is 10.7. The first-order valence-electron chi connectivity index (χ1n) is 13.5. The summed E-state index contributed by atoms with van der Waals surface area (Å²) >= 11 is 1.28. The highest BCUT2D eigenvalue weighted by molar-refractivity contribution is 7.07. The molecule has 3 heterocycles. The van der Waals surface area contributed by atoms with Crippen LogP contribution in [0.25, 0.3) is 28.2 Å². The summed E-state index contributed by atoms with van der Waals surface area (Å²) in [5.41, 5.74) is 4.87. The summed E-state index contributed by atoms with van der Waals surface area (Å²) in [4.78, 5) is 36.4. The number of nitrogens with one attached hydrogen (secondary N) is 1. The summed E-state index contributed by atoms with van der Waals surface area (Å²) in [6, 6.07) is 22.5. The van der Waals surface area contributed by atoms with E-state index in [9.17, 15) is 9.59 Å². The first-order chi connectivity index (χ1) is 20.4. The van der Waals surface area contributed by atoms with Crippen molar-refractivity contribution in [3.05, 3.63) is 115 Å². The lowest BCUT2D eigenvalue weighted by Crippen LogP contribution is -2.40. The number of fused-ring (bicyclic) bond motifs is 2. The van der Waals surface area contributed by atoms with Crippen molar-refractivity contribution in [2.75, 3.05) is 20.8 Å². The lowest BCUT2D eigenvalue weighted by Gasteiger charge is -2.26. The maximum atomic E-state index is 14.3. The van der Waals surface area contributed by atoms with E-state index >= 15 is 0 Å². The minimum atomic E-state index is -0.830. The van der Waals surface area contributed by atoms with E-state index in [4.69, 9.17) is 19.2 Å². The lowest BCUT2D eigenvalue weighted by molar-refractivity contribution is -0.139. The Morgan fingerprint density at radius 2 is 1.81 bits per heavy atom. The number of hydrogen-bond donors (Lipinski definition) is 1. The van der Waals surface area contributed by atoms with Gasteiger partial charge in [-0.2, -0.15) is 0 Å². The standard InChI is InChI=1S/C33H29N3O5S/c1-5-41-32(38)28-19(2)34-33-36(30(28)24-17-21(39-3)15-16-26(24)40-4)31(37)27(42-33)18-23-22-13-9-10-14-25(22)35-29(23)20-11-7-6-8-12-20/h6-18,30,35H,5H2,1-4H3/b27-18+/t30-/m1/s1. The van der Waals surface area contributed by atoms with Crippen molar-refractivity contribution in [3.8, 4) is 22.8 Å². The Bertz CT molecular complexity index is 2040. The van der Waals surface area contributed by atoms with Gasteiger partial charge in [0.15, 0.2) is 4.80 Å². The number of allylic oxidation sites excluding steroid dienone is 1. The third kappa shape index (κ3) is 4.61. The molecular weight excluding hydrogens is 550 g/mol. The highest BCUT2D eigenvalue weighted by atomic mass is 32.1. The van der Waals surface area contributed by atoms with Crippen LogP contribution in [0.3, 0.4) is 0 Å². The molecule has 212 valence electrons. The molecule has 3 aromatic carbocycles. The Labute approximate surface area is 245 Å². The van der Waals surface area contributed by atoms with E-state index in [2.05, 4.69) is 4.98 Å². The van der Waals surface area contributed by atoms with Gasteiger partial charge < -0.3 is 19.2 Å². The van der Waals surface area contributed by atoms with E-state index in [1.54, 1.807) is 50.8 Å². The summed E-state index contributed by atoms with van der Waals surface area (Å²) in [7, 11) is 3.12. The monoisotopic (exact) mass is 579 g/mol. The lowest BCUT2D eigenvalue weighted by atomic mass is 9.94. The number of carbonyl (C=O) groups is 1. The maximum absolute atomic E-state index is 14.3. The topological polar surface area (TPSA) is 94.9 Å². The first kappa shape index (κ1) is 27.3. The summed E-state index contributed by atoms with van der Waals surface area (Å²) in [6.45, 7) is 3.69. The zero-order valence-electron chi connectivity index (χ0n) is 23.6. The van der Waals surface area contributed by atoms with Crippen molar-refractivity contribution in [3.63, 3.8) is 0 Å². The third-order valence-corrected chi connectivity index (χ3v) is 8.32. The van der Waals surface area contributed by atoms with Crippen LogP contribution < -0.4 is 24.4 Å². The van der Waals surface area contributed by atoms with Gasteiger partial charge in [-0.1, -0.05) is 59.9 Å². The van der Waals surface area contributed by atoms with Crippen molar-refractivity contribution in [1.29, 1.82) is 0 Å². The van der Waals surface area contributed by atoms with Crippen molar-refractivity contribution in [2.24, 2.45) is 4.99 Å². The van der Waals surface area contributed by atoms with Crippen molar-refractivity contribution in [2.45, 2.75) is 19.9 Å². The minimum absolute atomic E-state index is 0.185. The summed E-state index contributed by atoms with van der Waals surface area (Å²) < 4.78 is 18.7. The highest BCUT2D eigenvalue weighted by Crippen LogP contribution is 2.38. The van der Waals surface area contributed by atoms with Gasteiger partial charge in [0.1, 0.15) is 17.5 Å². The molecule has 5 aromatic rings. The maximum Gasteiger partial charge on any atom is 0.338 e. The second-order valence-electron chi connectivity index (χ2n) is 9.74. The number of benzene rings is 3. The fourth-order valence-electron chi connectivity index (χ4n) is 5.42. The molecule has 1 aliphatic heterocycles. The number of para-hydroxylation sites is 1. The number of aromatic amines is 1. The van der Waals surface area contributed by atoms with Crippen LogP contribution in [0.1, 0.15) is 31.0 Å². The highest BCUT2D eigenvalue weighted by Gasteiger charge is 2.35.